The zero-order chi connectivity index (χ0) is 23.6. The minimum absolute atomic E-state index is 0.0827. The number of hydrogen-bond donors (Lipinski definition) is 2. The Morgan fingerprint density at radius 2 is 1.97 bits per heavy atom. The number of phenolic OH excluding ortho intramolecular Hbond substituents is 1. The van der Waals surface area contributed by atoms with Gasteiger partial charge >= 0.3 is 0 Å². The highest BCUT2D eigenvalue weighted by atomic mass is 16.6. The lowest BCUT2D eigenvalue weighted by Gasteiger charge is -2.63. The molecule has 2 saturated carbocycles. The number of oxime groups is 1. The third-order valence-electron chi connectivity index (χ3n) is 9.30. The third kappa shape index (κ3) is 3.19. The van der Waals surface area contributed by atoms with Crippen molar-refractivity contribution in [2.45, 2.75) is 74.5 Å². The van der Waals surface area contributed by atoms with Crippen molar-refractivity contribution in [3.63, 3.8) is 0 Å². The van der Waals surface area contributed by atoms with Crippen molar-refractivity contribution in [3.05, 3.63) is 59.2 Å². The Balaban J connectivity index is 1.18. The predicted molar refractivity (Wildman–Crippen MR) is 133 cm³/mol. The van der Waals surface area contributed by atoms with Crippen molar-refractivity contribution in [1.29, 1.82) is 0 Å². The number of piperidine rings is 1. The van der Waals surface area contributed by atoms with E-state index in [9.17, 15) is 10.2 Å². The van der Waals surface area contributed by atoms with Crippen LogP contribution in [0.3, 0.4) is 0 Å². The van der Waals surface area contributed by atoms with E-state index in [-0.39, 0.29) is 17.9 Å². The molecule has 7 rings (SSSR count). The summed E-state index contributed by atoms with van der Waals surface area (Å²) in [5.41, 5.74) is 2.96. The first-order valence-electron chi connectivity index (χ1n) is 13.3. The van der Waals surface area contributed by atoms with E-state index in [1.54, 1.807) is 6.07 Å². The van der Waals surface area contributed by atoms with Gasteiger partial charge in [0.25, 0.3) is 0 Å². The zero-order valence-corrected chi connectivity index (χ0v) is 20.2. The molecular weight excluding hydrogens is 440 g/mol. The van der Waals surface area contributed by atoms with E-state index < -0.39 is 11.0 Å². The lowest BCUT2D eigenvalue weighted by atomic mass is 9.49. The maximum absolute atomic E-state index is 12.5. The van der Waals surface area contributed by atoms with Gasteiger partial charge in [-0.05, 0) is 81.0 Å². The van der Waals surface area contributed by atoms with Gasteiger partial charge in [0.15, 0.2) is 17.6 Å². The Morgan fingerprint density at radius 1 is 1.11 bits per heavy atom. The molecule has 2 N–H and O–H groups in total. The molecule has 4 atom stereocenters. The maximum atomic E-state index is 12.5. The molecule has 2 bridgehead atoms. The summed E-state index contributed by atoms with van der Waals surface area (Å²) in [4.78, 5) is 8.37. The van der Waals surface area contributed by atoms with Crippen molar-refractivity contribution < 1.29 is 19.8 Å². The second-order valence-corrected chi connectivity index (χ2v) is 11.3. The molecule has 0 amide bonds. The largest absolute Gasteiger partial charge is 0.504 e. The van der Waals surface area contributed by atoms with Crippen molar-refractivity contribution in [3.8, 4) is 11.5 Å². The van der Waals surface area contributed by atoms with Crippen LogP contribution in [0.5, 0.6) is 11.5 Å². The number of aliphatic hydroxyl groups is 1. The molecule has 35 heavy (non-hydrogen) atoms. The average Bonchev–Trinajstić information content (AvgIpc) is 3.61. The van der Waals surface area contributed by atoms with Gasteiger partial charge in [-0.3, -0.25) is 4.90 Å². The van der Waals surface area contributed by atoms with Gasteiger partial charge in [-0.25, -0.2) is 0 Å². The van der Waals surface area contributed by atoms with E-state index in [4.69, 9.17) is 9.57 Å². The molecule has 0 radical (unpaired) electrons. The second-order valence-electron chi connectivity index (χ2n) is 11.3. The van der Waals surface area contributed by atoms with Crippen molar-refractivity contribution >= 4 is 5.71 Å². The average molecular weight is 475 g/mol. The second kappa shape index (κ2) is 7.97. The maximum Gasteiger partial charge on any atom is 0.166 e. The molecule has 3 fully saturated rings. The zero-order valence-electron chi connectivity index (χ0n) is 20.2. The molecule has 0 unspecified atom stereocenters. The van der Waals surface area contributed by atoms with E-state index in [0.717, 1.165) is 56.0 Å². The number of rotatable bonds is 7. The molecule has 1 spiro atoms. The Kier molecular flexibility index (Phi) is 4.94. The van der Waals surface area contributed by atoms with E-state index in [1.807, 2.05) is 12.1 Å². The number of aromatic hydroxyl groups is 1. The number of ether oxygens (including phenoxy) is 1. The van der Waals surface area contributed by atoms with Crippen LogP contribution in [-0.4, -0.2) is 58.3 Å². The summed E-state index contributed by atoms with van der Waals surface area (Å²) in [5.74, 6) is 1.50. The van der Waals surface area contributed by atoms with Gasteiger partial charge in [-0.1, -0.05) is 41.6 Å². The third-order valence-corrected chi connectivity index (χ3v) is 9.30. The smallest absolute Gasteiger partial charge is 0.166 e. The number of benzene rings is 2. The molecule has 2 aromatic rings. The van der Waals surface area contributed by atoms with Gasteiger partial charge in [-0.15, -0.1) is 0 Å². The van der Waals surface area contributed by atoms with Crippen LogP contribution in [0.4, 0.5) is 0 Å². The number of likely N-dealkylation sites (tertiary alicyclic amines) is 1. The van der Waals surface area contributed by atoms with Crippen LogP contribution in [0.1, 0.15) is 55.2 Å². The predicted octanol–water partition coefficient (Wildman–Crippen LogP) is 3.96. The summed E-state index contributed by atoms with van der Waals surface area (Å²) in [6, 6.07) is 14.3. The molecule has 6 heteroatoms. The van der Waals surface area contributed by atoms with Gasteiger partial charge in [0, 0.05) is 18.2 Å². The first-order chi connectivity index (χ1) is 17.1. The lowest BCUT2D eigenvalue weighted by molar-refractivity contribution is -0.167. The summed E-state index contributed by atoms with van der Waals surface area (Å²) in [6.45, 7) is 2.58. The van der Waals surface area contributed by atoms with E-state index in [2.05, 4.69) is 34.3 Å². The van der Waals surface area contributed by atoms with Crippen LogP contribution in [0, 0.1) is 5.92 Å². The minimum Gasteiger partial charge on any atom is -0.504 e. The summed E-state index contributed by atoms with van der Waals surface area (Å²) < 4.78 is 6.50. The van der Waals surface area contributed by atoms with Crippen LogP contribution < -0.4 is 4.74 Å². The number of aryl methyl sites for hydroxylation is 1. The monoisotopic (exact) mass is 474 g/mol. The van der Waals surface area contributed by atoms with Crippen LogP contribution in [0.25, 0.3) is 0 Å². The van der Waals surface area contributed by atoms with Gasteiger partial charge in [0.2, 0.25) is 0 Å². The fraction of sp³-hybridized carbons (Fsp3) is 0.552. The highest BCUT2D eigenvalue weighted by Crippen LogP contribution is 2.65. The SMILES string of the molecule is Oc1ccc2c3c1O[C@H]1/C(=N\OCCCc4ccccc4)CC[C@@]4(O)[C@@H](C2)N(CC2CC2)CC[C@]314. The van der Waals surface area contributed by atoms with Crippen LogP contribution in [0.15, 0.2) is 47.6 Å². The first kappa shape index (κ1) is 21.7. The summed E-state index contributed by atoms with van der Waals surface area (Å²) in [7, 11) is 0. The fourth-order valence-electron chi connectivity index (χ4n) is 7.49. The molecule has 184 valence electrons. The van der Waals surface area contributed by atoms with E-state index in [0.29, 0.717) is 25.2 Å². The molecule has 6 nitrogen and oxygen atoms in total. The van der Waals surface area contributed by atoms with Crippen LogP contribution >= 0.6 is 0 Å². The van der Waals surface area contributed by atoms with Gasteiger partial charge < -0.3 is 19.8 Å². The lowest BCUT2D eigenvalue weighted by Crippen LogP contribution is -2.76. The van der Waals surface area contributed by atoms with Crippen LogP contribution in [-0.2, 0) is 23.1 Å². The Bertz CT molecular complexity index is 1160. The van der Waals surface area contributed by atoms with Crippen LogP contribution in [0.2, 0.25) is 0 Å². The quantitative estimate of drug-likeness (QED) is 0.469. The van der Waals surface area contributed by atoms with E-state index >= 15 is 0 Å². The number of nitrogens with zero attached hydrogens (tertiary/aromatic N) is 2. The summed E-state index contributed by atoms with van der Waals surface area (Å²) >= 11 is 0. The fourth-order valence-corrected chi connectivity index (χ4v) is 7.49. The molecule has 5 aliphatic rings. The standard InChI is InChI=1S/C29H34N2O4/c32-23-11-10-21-17-24-29(33)13-12-22(30-34-16-4-7-19-5-2-1-3-6-19)27-28(29,25(21)26(23)35-27)14-15-31(24)18-20-8-9-20/h1-3,5-6,10-11,20,24,27,32-33H,4,7-9,12-18H2/b30-22-/t24-,27+,28+,29-/m1/s1. The topological polar surface area (TPSA) is 74.5 Å². The minimum atomic E-state index is -0.886. The van der Waals surface area contributed by atoms with Gasteiger partial charge in [0.05, 0.1) is 16.7 Å². The molecule has 2 heterocycles. The Hall–Kier alpha value is -2.57. The normalized spacial score (nSPS) is 33.9. The molecule has 2 aliphatic heterocycles. The van der Waals surface area contributed by atoms with Crippen molar-refractivity contribution in [2.75, 3.05) is 19.7 Å². The number of hydrogen-bond acceptors (Lipinski definition) is 6. The molecule has 3 aliphatic carbocycles. The number of phenols is 1. The van der Waals surface area contributed by atoms with Gasteiger partial charge in [-0.2, -0.15) is 0 Å². The van der Waals surface area contributed by atoms with E-state index in [1.165, 1.54) is 24.0 Å². The molecule has 1 saturated heterocycles. The molecule has 2 aromatic carbocycles. The van der Waals surface area contributed by atoms with Crippen molar-refractivity contribution in [1.82, 2.24) is 4.90 Å². The molecule has 0 aromatic heterocycles. The Morgan fingerprint density at radius 3 is 2.80 bits per heavy atom. The first-order valence-corrected chi connectivity index (χ1v) is 13.3. The summed E-state index contributed by atoms with van der Waals surface area (Å²) in [6.07, 6.45) is 7.01. The highest BCUT2D eigenvalue weighted by Gasteiger charge is 2.72. The van der Waals surface area contributed by atoms with Gasteiger partial charge in [0.1, 0.15) is 6.61 Å². The van der Waals surface area contributed by atoms with Crippen molar-refractivity contribution in [2.24, 2.45) is 11.1 Å². The highest BCUT2D eigenvalue weighted by molar-refractivity contribution is 5.94. The molecular formula is C29H34N2O4. The summed E-state index contributed by atoms with van der Waals surface area (Å²) in [5, 5.41) is 27.8. The Labute approximate surface area is 206 Å².